The number of para-hydroxylation sites is 1. The molecule has 23 heavy (non-hydrogen) atoms. The molecule has 0 N–H and O–H groups in total. The van der Waals surface area contributed by atoms with Crippen molar-refractivity contribution >= 4 is 16.5 Å². The van der Waals surface area contributed by atoms with Crippen molar-refractivity contribution < 1.29 is 17.4 Å². The molecule has 1 heterocycles. The van der Waals surface area contributed by atoms with E-state index in [1.165, 1.54) is 0 Å². The van der Waals surface area contributed by atoms with Gasteiger partial charge in [0.1, 0.15) is 0 Å². The van der Waals surface area contributed by atoms with Gasteiger partial charge in [0.25, 0.3) is 0 Å². The molecule has 1 aliphatic rings. The summed E-state index contributed by atoms with van der Waals surface area (Å²) in [5.41, 5.74) is 0.731. The number of hydrogen-bond donors (Lipinski definition) is 0. The van der Waals surface area contributed by atoms with Crippen LogP contribution in [0.15, 0.2) is 65.6 Å². The number of hydrogen-bond acceptors (Lipinski definition) is 2. The highest BCUT2D eigenvalue weighted by Crippen LogP contribution is 2.39. The second-order valence-electron chi connectivity index (χ2n) is 5.54. The van der Waals surface area contributed by atoms with Crippen molar-refractivity contribution in [2.45, 2.75) is 16.3 Å². The van der Waals surface area contributed by atoms with E-state index in [4.69, 9.17) is 0 Å². The highest BCUT2D eigenvalue weighted by molar-refractivity contribution is 7.85. The van der Waals surface area contributed by atoms with Gasteiger partial charge in [0.15, 0.2) is 0 Å². The molecule has 0 radical (unpaired) electrons. The summed E-state index contributed by atoms with van der Waals surface area (Å²) in [7, 11) is -1.69. The van der Waals surface area contributed by atoms with Crippen molar-refractivity contribution in [3.8, 4) is 0 Å². The first-order valence-electron chi connectivity index (χ1n) is 7.29. The number of alkyl halides is 3. The summed E-state index contributed by atoms with van der Waals surface area (Å²) in [6.45, 7) is -0.0214. The molecule has 0 amide bonds. The molecule has 6 heteroatoms. The third-order valence-corrected chi connectivity index (χ3v) is 5.82. The van der Waals surface area contributed by atoms with Gasteiger partial charge in [-0.1, -0.05) is 36.4 Å². The normalized spacial score (nSPS) is 23.0. The minimum absolute atomic E-state index is 0.135. The highest BCUT2D eigenvalue weighted by atomic mass is 32.2. The largest absolute Gasteiger partial charge is 0.394 e. The second kappa shape index (κ2) is 6.35. The standard InChI is InChI=1S/C17H16F3NOS/c18-17(19,20)15-11-21(13-7-3-1-4-8-13)12-16(15)23(22)14-9-5-2-6-10-14/h1-10,15-16H,11-12H2. The summed E-state index contributed by atoms with van der Waals surface area (Å²) >= 11 is 0. The lowest BCUT2D eigenvalue weighted by atomic mass is 10.1. The Labute approximate surface area is 135 Å². The van der Waals surface area contributed by atoms with Crippen LogP contribution in [0.2, 0.25) is 0 Å². The van der Waals surface area contributed by atoms with Gasteiger partial charge in [0.2, 0.25) is 0 Å². The van der Waals surface area contributed by atoms with Gasteiger partial charge in [-0.2, -0.15) is 13.2 Å². The van der Waals surface area contributed by atoms with E-state index in [0.717, 1.165) is 5.69 Å². The Morgan fingerprint density at radius 1 is 0.913 bits per heavy atom. The van der Waals surface area contributed by atoms with Gasteiger partial charge in [0, 0.05) is 23.7 Å². The topological polar surface area (TPSA) is 20.3 Å². The Bertz CT molecular complexity index is 675. The monoisotopic (exact) mass is 339 g/mol. The summed E-state index contributed by atoms with van der Waals surface area (Å²) in [5, 5.41) is -0.961. The number of rotatable bonds is 3. The molecule has 2 aromatic carbocycles. The summed E-state index contributed by atoms with van der Waals surface area (Å²) in [5.74, 6) is -1.59. The van der Waals surface area contributed by atoms with Crippen LogP contribution in [-0.4, -0.2) is 28.7 Å². The molecular weight excluding hydrogens is 323 g/mol. The van der Waals surface area contributed by atoms with Gasteiger partial charge in [-0.25, -0.2) is 0 Å². The van der Waals surface area contributed by atoms with E-state index in [9.17, 15) is 17.4 Å². The number of nitrogens with zero attached hydrogens (tertiary/aromatic N) is 1. The Kier molecular flexibility index (Phi) is 4.43. The predicted molar refractivity (Wildman–Crippen MR) is 84.8 cm³/mol. The van der Waals surface area contributed by atoms with Crippen molar-refractivity contribution in [1.29, 1.82) is 0 Å². The first-order chi connectivity index (χ1) is 11.0. The van der Waals surface area contributed by atoms with Crippen molar-refractivity contribution in [3.63, 3.8) is 0 Å². The fourth-order valence-electron chi connectivity index (χ4n) is 2.88. The third kappa shape index (κ3) is 3.42. The van der Waals surface area contributed by atoms with Crippen LogP contribution in [0.5, 0.6) is 0 Å². The van der Waals surface area contributed by atoms with Crippen LogP contribution in [0.25, 0.3) is 0 Å². The van der Waals surface area contributed by atoms with Crippen LogP contribution in [0.1, 0.15) is 0 Å². The molecule has 0 bridgehead atoms. The van der Waals surface area contributed by atoms with E-state index in [1.54, 1.807) is 59.5 Å². The smallest absolute Gasteiger partial charge is 0.370 e. The lowest BCUT2D eigenvalue weighted by Crippen LogP contribution is -2.35. The maximum Gasteiger partial charge on any atom is 0.394 e. The minimum Gasteiger partial charge on any atom is -0.370 e. The quantitative estimate of drug-likeness (QED) is 0.846. The molecule has 1 aliphatic heterocycles. The first-order valence-corrected chi connectivity index (χ1v) is 8.50. The van der Waals surface area contributed by atoms with Crippen LogP contribution in [0.4, 0.5) is 18.9 Å². The van der Waals surface area contributed by atoms with Crippen LogP contribution in [0.3, 0.4) is 0 Å². The molecular formula is C17H16F3NOS. The van der Waals surface area contributed by atoms with Gasteiger partial charge < -0.3 is 4.90 Å². The zero-order valence-electron chi connectivity index (χ0n) is 12.2. The Hall–Kier alpha value is -1.82. The maximum atomic E-state index is 13.4. The summed E-state index contributed by atoms with van der Waals surface area (Å²) < 4.78 is 52.9. The van der Waals surface area contributed by atoms with Gasteiger partial charge in [-0.3, -0.25) is 4.21 Å². The zero-order valence-corrected chi connectivity index (χ0v) is 13.1. The molecule has 3 atom stereocenters. The second-order valence-corrected chi connectivity index (χ2v) is 7.21. The molecule has 1 fully saturated rings. The Morgan fingerprint density at radius 2 is 1.48 bits per heavy atom. The number of benzene rings is 2. The summed E-state index contributed by atoms with van der Waals surface area (Å²) in [4.78, 5) is 2.12. The molecule has 0 aliphatic carbocycles. The van der Waals surface area contributed by atoms with E-state index < -0.39 is 28.1 Å². The lowest BCUT2D eigenvalue weighted by Gasteiger charge is -2.20. The molecule has 122 valence electrons. The Balaban J connectivity index is 1.89. The molecule has 2 aromatic rings. The molecule has 1 saturated heterocycles. The number of halogens is 3. The van der Waals surface area contributed by atoms with Gasteiger partial charge in [-0.05, 0) is 24.3 Å². The van der Waals surface area contributed by atoms with Gasteiger partial charge >= 0.3 is 6.18 Å². The third-order valence-electron chi connectivity index (χ3n) is 4.06. The van der Waals surface area contributed by atoms with Crippen LogP contribution in [-0.2, 0) is 10.8 Å². The Morgan fingerprint density at radius 3 is 2.04 bits per heavy atom. The van der Waals surface area contributed by atoms with E-state index in [-0.39, 0.29) is 13.1 Å². The van der Waals surface area contributed by atoms with Crippen LogP contribution < -0.4 is 4.90 Å². The van der Waals surface area contributed by atoms with E-state index >= 15 is 0 Å². The summed E-state index contributed by atoms with van der Waals surface area (Å²) in [6, 6.07) is 17.3. The molecule has 2 nitrogen and oxygen atoms in total. The molecule has 0 saturated carbocycles. The van der Waals surface area contributed by atoms with Crippen molar-refractivity contribution in [1.82, 2.24) is 0 Å². The zero-order chi connectivity index (χ0) is 16.4. The average molecular weight is 339 g/mol. The van der Waals surface area contributed by atoms with E-state index in [2.05, 4.69) is 0 Å². The van der Waals surface area contributed by atoms with Crippen molar-refractivity contribution in [2.75, 3.05) is 18.0 Å². The molecule has 3 unspecified atom stereocenters. The van der Waals surface area contributed by atoms with E-state index in [1.807, 2.05) is 6.07 Å². The summed E-state index contributed by atoms with van der Waals surface area (Å²) in [6.07, 6.45) is -4.36. The molecule has 3 rings (SSSR count). The minimum atomic E-state index is -4.36. The first kappa shape index (κ1) is 16.1. The lowest BCUT2D eigenvalue weighted by molar-refractivity contribution is -0.167. The number of anilines is 1. The average Bonchev–Trinajstić information content (AvgIpc) is 3.01. The predicted octanol–water partition coefficient (Wildman–Crippen LogP) is 3.86. The molecule has 0 spiro atoms. The fraction of sp³-hybridized carbons (Fsp3) is 0.294. The van der Waals surface area contributed by atoms with Crippen molar-refractivity contribution in [2.24, 2.45) is 5.92 Å². The van der Waals surface area contributed by atoms with Crippen molar-refractivity contribution in [3.05, 3.63) is 60.7 Å². The van der Waals surface area contributed by atoms with Crippen LogP contribution >= 0.6 is 0 Å². The van der Waals surface area contributed by atoms with Crippen LogP contribution in [0, 0.1) is 5.92 Å². The van der Waals surface area contributed by atoms with E-state index in [0.29, 0.717) is 4.90 Å². The van der Waals surface area contributed by atoms with Gasteiger partial charge in [-0.15, -0.1) is 0 Å². The molecule has 0 aromatic heterocycles. The SMILES string of the molecule is O=S(c1ccccc1)C1CN(c2ccccc2)CC1C(F)(F)F. The highest BCUT2D eigenvalue weighted by Gasteiger charge is 2.52. The maximum absolute atomic E-state index is 13.4. The van der Waals surface area contributed by atoms with Gasteiger partial charge in [0.05, 0.1) is 22.0 Å². The fourth-order valence-corrected chi connectivity index (χ4v) is 4.51.